The van der Waals surface area contributed by atoms with Gasteiger partial charge in [0, 0.05) is 12.6 Å². The van der Waals surface area contributed by atoms with E-state index in [1.165, 1.54) is 7.11 Å². The van der Waals surface area contributed by atoms with Crippen LogP contribution in [0.1, 0.15) is 19.8 Å². The summed E-state index contributed by atoms with van der Waals surface area (Å²) in [7, 11) is 1.49. The Morgan fingerprint density at radius 3 is 2.94 bits per heavy atom. The fourth-order valence-electron chi connectivity index (χ4n) is 1.80. The van der Waals surface area contributed by atoms with E-state index in [9.17, 15) is 0 Å². The van der Waals surface area contributed by atoms with E-state index in [0.29, 0.717) is 12.0 Å². The van der Waals surface area contributed by atoms with Crippen LogP contribution in [0.25, 0.3) is 0 Å². The molecule has 1 aromatic rings. The average Bonchev–Trinajstić information content (AvgIpc) is 2.28. The molecule has 1 aromatic heterocycles. The highest BCUT2D eigenvalue weighted by atomic mass is 35.5. The Labute approximate surface area is 105 Å². The highest BCUT2D eigenvalue weighted by Gasteiger charge is 2.20. The molecule has 0 saturated carbocycles. The van der Waals surface area contributed by atoms with E-state index in [2.05, 4.69) is 27.2 Å². The van der Waals surface area contributed by atoms with Crippen molar-refractivity contribution in [3.05, 3.63) is 5.28 Å². The summed E-state index contributed by atoms with van der Waals surface area (Å²) in [6, 6.07) is 0.509. The van der Waals surface area contributed by atoms with Crippen molar-refractivity contribution in [3.63, 3.8) is 0 Å². The van der Waals surface area contributed by atoms with Gasteiger partial charge in [-0.25, -0.2) is 0 Å². The zero-order valence-electron chi connectivity index (χ0n) is 9.81. The van der Waals surface area contributed by atoms with Crippen molar-refractivity contribution in [1.82, 2.24) is 15.0 Å². The van der Waals surface area contributed by atoms with E-state index < -0.39 is 0 Å². The van der Waals surface area contributed by atoms with Gasteiger partial charge in [-0.1, -0.05) is 0 Å². The van der Waals surface area contributed by atoms with Crippen LogP contribution in [0, 0.1) is 0 Å². The largest absolute Gasteiger partial charge is 0.467 e. The Balaban J connectivity index is 2.04. The Morgan fingerprint density at radius 1 is 1.41 bits per heavy atom. The van der Waals surface area contributed by atoms with Crippen LogP contribution in [0.3, 0.4) is 0 Å². The normalized spacial score (nSPS) is 24.4. The number of hydrogen-bond acceptors (Lipinski definition) is 6. The van der Waals surface area contributed by atoms with Gasteiger partial charge in [0.2, 0.25) is 11.2 Å². The van der Waals surface area contributed by atoms with Gasteiger partial charge in [0.05, 0.1) is 13.2 Å². The molecule has 94 valence electrons. The highest BCUT2D eigenvalue weighted by molar-refractivity contribution is 6.28. The fraction of sp³-hybridized carbons (Fsp3) is 0.700. The summed E-state index contributed by atoms with van der Waals surface area (Å²) < 4.78 is 10.4. The first-order valence-corrected chi connectivity index (χ1v) is 5.89. The number of methoxy groups -OCH3 is 1. The molecule has 1 fully saturated rings. The zero-order chi connectivity index (χ0) is 12.3. The minimum absolute atomic E-state index is 0.124. The van der Waals surface area contributed by atoms with Crippen molar-refractivity contribution in [3.8, 4) is 6.01 Å². The van der Waals surface area contributed by atoms with Crippen LogP contribution in [0.5, 0.6) is 6.01 Å². The molecule has 2 rings (SSSR count). The molecular formula is C10H15ClN4O2. The van der Waals surface area contributed by atoms with Crippen LogP contribution in [0.15, 0.2) is 0 Å². The molecule has 1 saturated heterocycles. The number of anilines is 1. The zero-order valence-corrected chi connectivity index (χ0v) is 10.6. The maximum Gasteiger partial charge on any atom is 0.322 e. The van der Waals surface area contributed by atoms with E-state index in [4.69, 9.17) is 21.1 Å². The smallest absolute Gasteiger partial charge is 0.322 e. The third kappa shape index (κ3) is 3.41. The lowest BCUT2D eigenvalue weighted by Gasteiger charge is -2.27. The highest BCUT2D eigenvalue weighted by Crippen LogP contribution is 2.18. The minimum atomic E-state index is 0.124. The van der Waals surface area contributed by atoms with E-state index in [-0.39, 0.29) is 17.4 Å². The fourth-order valence-corrected chi connectivity index (χ4v) is 1.95. The summed E-state index contributed by atoms with van der Waals surface area (Å²) in [5.41, 5.74) is 0. The summed E-state index contributed by atoms with van der Waals surface area (Å²) in [5.74, 6) is 0.445. The van der Waals surface area contributed by atoms with Crippen molar-refractivity contribution >= 4 is 17.5 Å². The molecule has 6 nitrogen and oxygen atoms in total. The number of nitrogens with zero attached hydrogens (tertiary/aromatic N) is 3. The van der Waals surface area contributed by atoms with Gasteiger partial charge in [-0.05, 0) is 31.4 Å². The Morgan fingerprint density at radius 2 is 2.24 bits per heavy atom. The SMILES string of the molecule is COc1nc(Cl)nc(NC2CCOC(C)C2)n1. The predicted octanol–water partition coefficient (Wildman–Crippen LogP) is 1.51. The van der Waals surface area contributed by atoms with Gasteiger partial charge < -0.3 is 14.8 Å². The number of hydrogen-bond donors (Lipinski definition) is 1. The van der Waals surface area contributed by atoms with Crippen molar-refractivity contribution < 1.29 is 9.47 Å². The maximum atomic E-state index is 5.77. The van der Waals surface area contributed by atoms with Gasteiger partial charge in [0.15, 0.2) is 0 Å². The molecule has 1 aliphatic rings. The van der Waals surface area contributed by atoms with E-state index in [0.717, 1.165) is 19.4 Å². The summed E-state index contributed by atoms with van der Waals surface area (Å²) in [5, 5.41) is 3.34. The molecule has 2 heterocycles. The summed E-state index contributed by atoms with van der Waals surface area (Å²) in [6.45, 7) is 2.80. The molecule has 0 radical (unpaired) electrons. The van der Waals surface area contributed by atoms with E-state index in [1.54, 1.807) is 0 Å². The van der Waals surface area contributed by atoms with Crippen molar-refractivity contribution in [1.29, 1.82) is 0 Å². The van der Waals surface area contributed by atoms with Gasteiger partial charge in [-0.3, -0.25) is 0 Å². The minimum Gasteiger partial charge on any atom is -0.467 e. The lowest BCUT2D eigenvalue weighted by atomic mass is 10.0. The monoisotopic (exact) mass is 258 g/mol. The van der Waals surface area contributed by atoms with Crippen molar-refractivity contribution in [2.75, 3.05) is 19.0 Å². The average molecular weight is 259 g/mol. The molecule has 0 spiro atoms. The maximum absolute atomic E-state index is 5.77. The topological polar surface area (TPSA) is 69.2 Å². The number of aromatic nitrogens is 3. The van der Waals surface area contributed by atoms with Crippen LogP contribution in [-0.4, -0.2) is 40.8 Å². The van der Waals surface area contributed by atoms with Crippen LogP contribution in [0.2, 0.25) is 5.28 Å². The molecule has 7 heteroatoms. The second kappa shape index (κ2) is 5.46. The third-order valence-corrected chi connectivity index (χ3v) is 2.76. The second-order valence-corrected chi connectivity index (χ2v) is 4.30. The van der Waals surface area contributed by atoms with Crippen molar-refractivity contribution in [2.24, 2.45) is 0 Å². The molecule has 0 bridgehead atoms. The van der Waals surface area contributed by atoms with Crippen LogP contribution in [0.4, 0.5) is 5.95 Å². The summed E-state index contributed by atoms with van der Waals surface area (Å²) in [6.07, 6.45) is 2.10. The van der Waals surface area contributed by atoms with E-state index >= 15 is 0 Å². The number of rotatable bonds is 3. The molecule has 2 unspecified atom stereocenters. The Bertz CT molecular complexity index is 391. The van der Waals surface area contributed by atoms with E-state index in [1.807, 2.05) is 0 Å². The first-order valence-electron chi connectivity index (χ1n) is 5.51. The molecule has 0 aromatic carbocycles. The predicted molar refractivity (Wildman–Crippen MR) is 63.4 cm³/mol. The molecule has 0 amide bonds. The number of nitrogens with one attached hydrogen (secondary N) is 1. The molecule has 2 atom stereocenters. The van der Waals surface area contributed by atoms with Gasteiger partial charge in [-0.2, -0.15) is 15.0 Å². The quantitative estimate of drug-likeness (QED) is 0.886. The van der Waals surface area contributed by atoms with Crippen molar-refractivity contribution in [2.45, 2.75) is 31.9 Å². The van der Waals surface area contributed by atoms with Gasteiger partial charge >= 0.3 is 6.01 Å². The third-order valence-electron chi connectivity index (χ3n) is 2.59. The molecule has 0 aliphatic carbocycles. The van der Waals surface area contributed by atoms with Crippen LogP contribution >= 0.6 is 11.6 Å². The molecule has 1 N–H and O–H groups in total. The molecule has 1 aliphatic heterocycles. The Hall–Kier alpha value is -1.14. The first kappa shape index (κ1) is 12.3. The lowest BCUT2D eigenvalue weighted by Crippen LogP contribution is -2.33. The molecular weight excluding hydrogens is 244 g/mol. The number of ether oxygens (including phenoxy) is 2. The molecule has 17 heavy (non-hydrogen) atoms. The number of halogens is 1. The van der Waals surface area contributed by atoms with Crippen LogP contribution in [-0.2, 0) is 4.74 Å². The van der Waals surface area contributed by atoms with Crippen LogP contribution < -0.4 is 10.1 Å². The summed E-state index contributed by atoms with van der Waals surface area (Å²) in [4.78, 5) is 11.9. The lowest BCUT2D eigenvalue weighted by molar-refractivity contribution is 0.0231. The Kier molecular flexibility index (Phi) is 3.96. The van der Waals surface area contributed by atoms with Gasteiger partial charge in [0.25, 0.3) is 0 Å². The first-order chi connectivity index (χ1) is 8.17. The summed E-state index contributed by atoms with van der Waals surface area (Å²) >= 11 is 5.77. The standard InChI is InChI=1S/C10H15ClN4O2/c1-6-5-7(3-4-17-6)12-9-13-8(11)14-10(15-9)16-2/h6-7H,3-5H2,1-2H3,(H,12,13,14,15). The van der Waals surface area contributed by atoms with Gasteiger partial charge in [0.1, 0.15) is 0 Å². The van der Waals surface area contributed by atoms with Gasteiger partial charge in [-0.15, -0.1) is 0 Å². The second-order valence-electron chi connectivity index (χ2n) is 3.96.